The van der Waals surface area contributed by atoms with Crippen LogP contribution in [0.2, 0.25) is 0 Å². The normalized spacial score (nSPS) is 11.2. The summed E-state index contributed by atoms with van der Waals surface area (Å²) in [5.74, 6) is -1.97. The van der Waals surface area contributed by atoms with E-state index in [0.717, 1.165) is 36.4 Å². The number of nitrogens with one attached hydrogen (secondary N) is 2. The van der Waals surface area contributed by atoms with Crippen LogP contribution in [-0.4, -0.2) is 44.7 Å². The number of carbonyl (C=O) groups excluding carboxylic acids is 2. The molecule has 4 rings (SSSR count). The highest BCUT2D eigenvalue weighted by atomic mass is 32.2. The second-order valence-corrected chi connectivity index (χ2v) is 11.4. The maximum atomic E-state index is 13.5. The van der Waals surface area contributed by atoms with Gasteiger partial charge in [-0.1, -0.05) is 0 Å². The van der Waals surface area contributed by atoms with E-state index in [-0.39, 0.29) is 57.0 Å². The van der Waals surface area contributed by atoms with Gasteiger partial charge < -0.3 is 41.8 Å². The molecule has 13 heteroatoms. The summed E-state index contributed by atoms with van der Waals surface area (Å²) < 4.78 is 37.2. The van der Waals surface area contributed by atoms with E-state index < -0.39 is 21.7 Å². The molecule has 224 valence electrons. The van der Waals surface area contributed by atoms with Crippen LogP contribution in [-0.2, 0) is 32.5 Å². The number of sulfone groups is 1. The minimum Gasteiger partial charge on any atom is -0.506 e. The third-order valence-corrected chi connectivity index (χ3v) is 8.21. The molecule has 0 spiro atoms. The van der Waals surface area contributed by atoms with Gasteiger partial charge in [-0.15, -0.1) is 0 Å². The van der Waals surface area contributed by atoms with Crippen LogP contribution in [0.25, 0.3) is 0 Å². The van der Waals surface area contributed by atoms with Crippen LogP contribution in [0.4, 0.5) is 22.7 Å². The van der Waals surface area contributed by atoms with Gasteiger partial charge in [0.25, 0.3) is 11.8 Å². The lowest BCUT2D eigenvalue weighted by molar-refractivity contribution is 0.101. The first-order valence-electron chi connectivity index (χ1n) is 12.7. The third-order valence-electron chi connectivity index (χ3n) is 6.46. The fourth-order valence-corrected chi connectivity index (χ4v) is 5.46. The van der Waals surface area contributed by atoms with Crippen LogP contribution in [0, 0.1) is 0 Å². The van der Waals surface area contributed by atoms with Crippen LogP contribution in [0.1, 0.15) is 31.8 Å². The molecule has 0 atom stereocenters. The lowest BCUT2D eigenvalue weighted by atomic mass is 10.1. The molecule has 0 saturated heterocycles. The standard InChI is InChI=1S/C30H30N4O8S/c1-41-15-19-11-17(3-7-23(19)31)29(37)33-25-13-21(5-9-27(25)35)43(39,40)22-6-10-28(36)26(14-22)34-30(38)18-4-8-24(32)20(12-18)16-42-2/h3-14,35-36H,15-16,31-32H2,1-2H3,(H,33,37)(H,34,38). The molecule has 0 aliphatic carbocycles. The Balaban J connectivity index is 1.60. The Morgan fingerprint density at radius 3 is 1.44 bits per heavy atom. The van der Waals surface area contributed by atoms with Crippen molar-refractivity contribution >= 4 is 44.4 Å². The Morgan fingerprint density at radius 2 is 1.07 bits per heavy atom. The maximum Gasteiger partial charge on any atom is 0.255 e. The van der Waals surface area contributed by atoms with Gasteiger partial charge in [0, 0.05) is 47.8 Å². The van der Waals surface area contributed by atoms with Crippen LogP contribution in [0.3, 0.4) is 0 Å². The summed E-state index contributed by atoms with van der Waals surface area (Å²) in [6.07, 6.45) is 0. The summed E-state index contributed by atoms with van der Waals surface area (Å²) in [7, 11) is -1.28. The average Bonchev–Trinajstić information content (AvgIpc) is 2.97. The number of rotatable bonds is 10. The number of hydrogen-bond donors (Lipinski definition) is 6. The van der Waals surface area contributed by atoms with Crippen molar-refractivity contribution in [3.8, 4) is 11.5 Å². The van der Waals surface area contributed by atoms with E-state index in [1.807, 2.05) is 0 Å². The lowest BCUT2D eigenvalue weighted by Gasteiger charge is -2.13. The monoisotopic (exact) mass is 606 g/mol. The van der Waals surface area contributed by atoms with Crippen molar-refractivity contribution < 1.29 is 37.7 Å². The molecule has 8 N–H and O–H groups in total. The number of nitrogens with two attached hydrogens (primary N) is 2. The first-order valence-corrected chi connectivity index (χ1v) is 14.2. The number of ether oxygens (including phenoxy) is 2. The van der Waals surface area contributed by atoms with E-state index in [9.17, 15) is 28.2 Å². The van der Waals surface area contributed by atoms with Gasteiger partial charge in [0.05, 0.1) is 34.4 Å². The Labute approximate surface area is 247 Å². The number of methoxy groups -OCH3 is 2. The Hall–Kier alpha value is -5.11. The molecule has 0 radical (unpaired) electrons. The average molecular weight is 607 g/mol. The zero-order chi connectivity index (χ0) is 31.3. The van der Waals surface area contributed by atoms with Gasteiger partial charge >= 0.3 is 0 Å². The molecule has 0 unspecified atom stereocenters. The molecule has 2 amide bonds. The number of aromatic hydroxyl groups is 2. The van der Waals surface area contributed by atoms with Crippen molar-refractivity contribution in [2.24, 2.45) is 0 Å². The summed E-state index contributed by atoms with van der Waals surface area (Å²) in [6.45, 7) is 0.353. The van der Waals surface area contributed by atoms with E-state index in [1.54, 1.807) is 0 Å². The molecular weight excluding hydrogens is 576 g/mol. The fraction of sp³-hybridized carbons (Fsp3) is 0.133. The van der Waals surface area contributed by atoms with Crippen LogP contribution >= 0.6 is 0 Å². The zero-order valence-corrected chi connectivity index (χ0v) is 24.1. The number of phenols is 2. The van der Waals surface area contributed by atoms with E-state index in [2.05, 4.69) is 10.6 Å². The quantitative estimate of drug-likeness (QED) is 0.113. The topological polar surface area (TPSA) is 203 Å². The van der Waals surface area contributed by atoms with E-state index in [0.29, 0.717) is 22.5 Å². The van der Waals surface area contributed by atoms with Crippen molar-refractivity contribution in [3.63, 3.8) is 0 Å². The highest BCUT2D eigenvalue weighted by Crippen LogP contribution is 2.33. The van der Waals surface area contributed by atoms with Crippen molar-refractivity contribution in [1.82, 2.24) is 0 Å². The Bertz CT molecular complexity index is 1680. The molecule has 0 fully saturated rings. The van der Waals surface area contributed by atoms with E-state index >= 15 is 0 Å². The first kappa shape index (κ1) is 30.8. The molecule has 4 aromatic carbocycles. The lowest BCUT2D eigenvalue weighted by Crippen LogP contribution is -2.14. The largest absolute Gasteiger partial charge is 0.506 e. The Morgan fingerprint density at radius 1 is 0.674 bits per heavy atom. The zero-order valence-electron chi connectivity index (χ0n) is 23.2. The van der Waals surface area contributed by atoms with Crippen molar-refractivity contribution in [1.29, 1.82) is 0 Å². The second kappa shape index (κ2) is 12.8. The van der Waals surface area contributed by atoms with Gasteiger partial charge in [-0.05, 0) is 72.8 Å². The number of phenolic OH excluding ortho intramolecular Hbond substituents is 2. The van der Waals surface area contributed by atoms with Crippen molar-refractivity contribution in [2.75, 3.05) is 36.3 Å². The number of benzene rings is 4. The summed E-state index contributed by atoms with van der Waals surface area (Å²) >= 11 is 0. The van der Waals surface area contributed by atoms with Crippen molar-refractivity contribution in [3.05, 3.63) is 95.1 Å². The fourth-order valence-electron chi connectivity index (χ4n) is 4.14. The summed E-state index contributed by atoms with van der Waals surface area (Å²) in [6, 6.07) is 15.9. The molecule has 0 saturated carbocycles. The summed E-state index contributed by atoms with van der Waals surface area (Å²) in [5.41, 5.74) is 14.0. The summed E-state index contributed by atoms with van der Waals surface area (Å²) in [5, 5.41) is 25.7. The van der Waals surface area contributed by atoms with Gasteiger partial charge in [0.1, 0.15) is 11.5 Å². The predicted molar refractivity (Wildman–Crippen MR) is 161 cm³/mol. The second-order valence-electron chi connectivity index (χ2n) is 9.46. The Kier molecular flexibility index (Phi) is 9.19. The highest BCUT2D eigenvalue weighted by Gasteiger charge is 2.22. The first-order chi connectivity index (χ1) is 20.4. The number of amides is 2. The van der Waals surface area contributed by atoms with Gasteiger partial charge in [-0.2, -0.15) is 0 Å². The maximum absolute atomic E-state index is 13.5. The van der Waals surface area contributed by atoms with Crippen LogP contribution < -0.4 is 22.1 Å². The molecule has 12 nitrogen and oxygen atoms in total. The smallest absolute Gasteiger partial charge is 0.255 e. The van der Waals surface area contributed by atoms with Crippen LogP contribution in [0.15, 0.2) is 82.6 Å². The molecule has 0 heterocycles. The highest BCUT2D eigenvalue weighted by molar-refractivity contribution is 7.91. The number of hydrogen-bond acceptors (Lipinski definition) is 10. The summed E-state index contributed by atoms with van der Waals surface area (Å²) in [4.78, 5) is 25.3. The van der Waals surface area contributed by atoms with Gasteiger partial charge in [0.15, 0.2) is 0 Å². The minimum atomic E-state index is -4.25. The molecule has 0 aliphatic heterocycles. The number of anilines is 4. The number of carbonyl (C=O) groups is 2. The molecule has 4 aromatic rings. The van der Waals surface area contributed by atoms with E-state index in [1.165, 1.54) is 50.6 Å². The molecule has 0 aromatic heterocycles. The van der Waals surface area contributed by atoms with Gasteiger partial charge in [-0.3, -0.25) is 9.59 Å². The molecule has 0 aliphatic rings. The molecular formula is C30H30N4O8S. The minimum absolute atomic E-state index is 0.154. The molecule has 43 heavy (non-hydrogen) atoms. The van der Waals surface area contributed by atoms with Crippen LogP contribution in [0.5, 0.6) is 11.5 Å². The van der Waals surface area contributed by atoms with E-state index in [4.69, 9.17) is 20.9 Å². The number of nitrogen functional groups attached to an aromatic ring is 2. The molecule has 0 bridgehead atoms. The van der Waals surface area contributed by atoms with Crippen molar-refractivity contribution in [2.45, 2.75) is 23.0 Å². The predicted octanol–water partition coefficient (Wildman–Crippen LogP) is 3.89. The van der Waals surface area contributed by atoms with Gasteiger partial charge in [-0.25, -0.2) is 8.42 Å². The SMILES string of the molecule is COCc1cc(C(=O)Nc2cc(S(=O)(=O)c3ccc(O)c(NC(=O)c4ccc(N)c(COC)c4)c3)ccc2O)ccc1N. The third kappa shape index (κ3) is 6.86. The van der Waals surface area contributed by atoms with Gasteiger partial charge in [0.2, 0.25) is 9.84 Å².